The van der Waals surface area contributed by atoms with Crippen LogP contribution in [-0.4, -0.2) is 20.0 Å². The van der Waals surface area contributed by atoms with Crippen molar-refractivity contribution in [2.45, 2.75) is 25.9 Å². The number of hydrogen-bond acceptors (Lipinski definition) is 5. The molecule has 142 valence electrons. The van der Waals surface area contributed by atoms with Crippen molar-refractivity contribution in [2.24, 2.45) is 0 Å². The lowest BCUT2D eigenvalue weighted by Crippen LogP contribution is -2.05. The molecule has 4 aromatic rings. The van der Waals surface area contributed by atoms with Gasteiger partial charge in [-0.3, -0.25) is 4.68 Å². The molecule has 2 aromatic carbocycles. The monoisotopic (exact) mass is 393 g/mol. The third-order valence-electron chi connectivity index (χ3n) is 4.45. The van der Waals surface area contributed by atoms with E-state index in [-0.39, 0.29) is 11.9 Å². The van der Waals surface area contributed by atoms with E-state index in [0.29, 0.717) is 12.0 Å². The van der Waals surface area contributed by atoms with Gasteiger partial charge in [0.15, 0.2) is 0 Å². The Morgan fingerprint density at radius 3 is 2.68 bits per heavy atom. The van der Waals surface area contributed by atoms with Crippen LogP contribution in [0.3, 0.4) is 0 Å². The van der Waals surface area contributed by atoms with Crippen molar-refractivity contribution >= 4 is 16.5 Å². The van der Waals surface area contributed by atoms with E-state index in [4.69, 9.17) is 0 Å². The predicted molar refractivity (Wildman–Crippen MR) is 109 cm³/mol. The largest absolute Gasteiger partial charge is 0.353 e. The van der Waals surface area contributed by atoms with Crippen molar-refractivity contribution in [3.63, 3.8) is 0 Å². The molecule has 5 nitrogen and oxygen atoms in total. The summed E-state index contributed by atoms with van der Waals surface area (Å²) in [5.74, 6) is -0.216. The predicted octanol–water partition coefficient (Wildman–Crippen LogP) is 4.69. The SMILES string of the molecule is CC(Nc1nnc(Cc2ccccc2F)s1)c1cnn(Cc2ccccc2)c1. The van der Waals surface area contributed by atoms with Gasteiger partial charge in [0.25, 0.3) is 0 Å². The Morgan fingerprint density at radius 1 is 1.07 bits per heavy atom. The number of benzene rings is 2. The number of rotatable bonds is 7. The minimum absolute atomic E-state index is 0.0405. The smallest absolute Gasteiger partial charge is 0.206 e. The fourth-order valence-electron chi connectivity index (χ4n) is 2.92. The van der Waals surface area contributed by atoms with E-state index in [9.17, 15) is 4.39 Å². The number of anilines is 1. The molecule has 2 aromatic heterocycles. The summed E-state index contributed by atoms with van der Waals surface area (Å²) in [5.41, 5.74) is 2.90. The van der Waals surface area contributed by atoms with Crippen LogP contribution in [0.5, 0.6) is 0 Å². The summed E-state index contributed by atoms with van der Waals surface area (Å²) in [7, 11) is 0. The first-order valence-electron chi connectivity index (χ1n) is 9.06. The molecule has 0 saturated carbocycles. The third-order valence-corrected chi connectivity index (χ3v) is 5.30. The van der Waals surface area contributed by atoms with E-state index in [2.05, 4.69) is 39.7 Å². The summed E-state index contributed by atoms with van der Waals surface area (Å²) in [6, 6.07) is 17.0. The van der Waals surface area contributed by atoms with Crippen LogP contribution >= 0.6 is 11.3 Å². The zero-order chi connectivity index (χ0) is 19.3. The van der Waals surface area contributed by atoms with Gasteiger partial charge in [0, 0.05) is 18.2 Å². The van der Waals surface area contributed by atoms with Crippen LogP contribution < -0.4 is 5.32 Å². The molecule has 0 aliphatic carbocycles. The van der Waals surface area contributed by atoms with E-state index in [1.165, 1.54) is 23.0 Å². The summed E-state index contributed by atoms with van der Waals surface area (Å²) in [6.07, 6.45) is 4.34. The number of nitrogens with one attached hydrogen (secondary N) is 1. The minimum Gasteiger partial charge on any atom is -0.353 e. The van der Waals surface area contributed by atoms with Crippen molar-refractivity contribution in [3.05, 3.63) is 94.5 Å². The van der Waals surface area contributed by atoms with E-state index < -0.39 is 0 Å². The molecule has 0 saturated heterocycles. The van der Waals surface area contributed by atoms with Gasteiger partial charge >= 0.3 is 0 Å². The zero-order valence-corrected chi connectivity index (χ0v) is 16.2. The summed E-state index contributed by atoms with van der Waals surface area (Å²) in [6.45, 7) is 2.79. The van der Waals surface area contributed by atoms with Crippen molar-refractivity contribution in [3.8, 4) is 0 Å². The number of hydrogen-bond donors (Lipinski definition) is 1. The summed E-state index contributed by atoms with van der Waals surface area (Å²) >= 11 is 1.44. The average molecular weight is 393 g/mol. The molecule has 7 heteroatoms. The van der Waals surface area contributed by atoms with Crippen molar-refractivity contribution < 1.29 is 4.39 Å². The molecule has 1 atom stereocenters. The second-order valence-corrected chi connectivity index (χ2v) is 7.65. The molecule has 0 radical (unpaired) electrons. The highest BCUT2D eigenvalue weighted by atomic mass is 32.1. The Kier molecular flexibility index (Phi) is 5.43. The quantitative estimate of drug-likeness (QED) is 0.495. The Hall–Kier alpha value is -3.06. The van der Waals surface area contributed by atoms with Gasteiger partial charge in [-0.05, 0) is 24.1 Å². The molecule has 0 aliphatic heterocycles. The number of halogens is 1. The maximum absolute atomic E-state index is 13.8. The fraction of sp³-hybridized carbons (Fsp3) is 0.190. The van der Waals surface area contributed by atoms with Gasteiger partial charge in [0.2, 0.25) is 5.13 Å². The molecule has 1 unspecified atom stereocenters. The zero-order valence-electron chi connectivity index (χ0n) is 15.4. The van der Waals surface area contributed by atoms with Gasteiger partial charge in [-0.2, -0.15) is 5.10 Å². The number of aromatic nitrogens is 4. The van der Waals surface area contributed by atoms with E-state index in [0.717, 1.165) is 22.2 Å². The second-order valence-electron chi connectivity index (χ2n) is 6.59. The Balaban J connectivity index is 1.38. The van der Waals surface area contributed by atoms with Gasteiger partial charge in [0.1, 0.15) is 10.8 Å². The highest BCUT2D eigenvalue weighted by Crippen LogP contribution is 2.24. The summed E-state index contributed by atoms with van der Waals surface area (Å²) in [4.78, 5) is 0. The molecule has 4 rings (SSSR count). The first kappa shape index (κ1) is 18.3. The molecule has 0 spiro atoms. The van der Waals surface area contributed by atoms with Crippen LogP contribution in [0.2, 0.25) is 0 Å². The topological polar surface area (TPSA) is 55.6 Å². The van der Waals surface area contributed by atoms with Gasteiger partial charge in [-0.25, -0.2) is 4.39 Å². The van der Waals surface area contributed by atoms with Gasteiger partial charge in [-0.15, -0.1) is 10.2 Å². The summed E-state index contributed by atoms with van der Waals surface area (Å²) in [5, 5.41) is 17.7. The van der Waals surface area contributed by atoms with Crippen molar-refractivity contribution in [1.29, 1.82) is 0 Å². The molecule has 0 bridgehead atoms. The Labute approximate surface area is 166 Å². The molecular weight excluding hydrogens is 373 g/mol. The average Bonchev–Trinajstić information content (AvgIpc) is 3.34. The number of nitrogens with zero attached hydrogens (tertiary/aromatic N) is 4. The van der Waals surface area contributed by atoms with Gasteiger partial charge in [0.05, 0.1) is 18.8 Å². The van der Waals surface area contributed by atoms with Crippen LogP contribution in [0.4, 0.5) is 9.52 Å². The lowest BCUT2D eigenvalue weighted by Gasteiger charge is -2.09. The van der Waals surface area contributed by atoms with Gasteiger partial charge < -0.3 is 5.32 Å². The van der Waals surface area contributed by atoms with Crippen LogP contribution in [0.1, 0.15) is 34.7 Å². The maximum atomic E-state index is 13.8. The molecule has 0 fully saturated rings. The molecule has 0 amide bonds. The van der Waals surface area contributed by atoms with Gasteiger partial charge in [-0.1, -0.05) is 59.9 Å². The van der Waals surface area contributed by atoms with E-state index >= 15 is 0 Å². The highest BCUT2D eigenvalue weighted by Gasteiger charge is 2.13. The molecule has 1 N–H and O–H groups in total. The van der Waals surface area contributed by atoms with E-state index in [1.807, 2.05) is 41.3 Å². The van der Waals surface area contributed by atoms with Crippen LogP contribution in [0.25, 0.3) is 0 Å². The first-order valence-corrected chi connectivity index (χ1v) is 9.87. The van der Waals surface area contributed by atoms with Crippen LogP contribution in [0.15, 0.2) is 67.0 Å². The third kappa shape index (κ3) is 4.43. The lowest BCUT2D eigenvalue weighted by atomic mass is 10.1. The van der Waals surface area contributed by atoms with E-state index in [1.54, 1.807) is 12.1 Å². The Bertz CT molecular complexity index is 1040. The highest BCUT2D eigenvalue weighted by molar-refractivity contribution is 7.15. The molecular formula is C21H20FN5S. The van der Waals surface area contributed by atoms with Crippen LogP contribution in [-0.2, 0) is 13.0 Å². The Morgan fingerprint density at radius 2 is 1.86 bits per heavy atom. The molecule has 2 heterocycles. The normalized spacial score (nSPS) is 12.1. The van der Waals surface area contributed by atoms with Crippen LogP contribution in [0, 0.1) is 5.82 Å². The molecule has 28 heavy (non-hydrogen) atoms. The second kappa shape index (κ2) is 8.31. The lowest BCUT2D eigenvalue weighted by molar-refractivity contribution is 0.613. The first-order chi connectivity index (χ1) is 13.7. The molecule has 0 aliphatic rings. The fourth-order valence-corrected chi connectivity index (χ4v) is 3.77. The summed E-state index contributed by atoms with van der Waals surface area (Å²) < 4.78 is 15.7. The van der Waals surface area contributed by atoms with Crippen molar-refractivity contribution in [2.75, 3.05) is 5.32 Å². The van der Waals surface area contributed by atoms with Crippen molar-refractivity contribution in [1.82, 2.24) is 20.0 Å². The minimum atomic E-state index is -0.216. The standard InChI is InChI=1S/C21H20FN5S/c1-15(18-12-23-27(14-18)13-16-7-3-2-4-8-16)24-21-26-25-20(28-21)11-17-9-5-6-10-19(17)22/h2-10,12,14-15H,11,13H2,1H3,(H,24,26). The maximum Gasteiger partial charge on any atom is 0.206 e.